The summed E-state index contributed by atoms with van der Waals surface area (Å²) in [6.07, 6.45) is 3.79. The van der Waals surface area contributed by atoms with Crippen molar-refractivity contribution in [3.05, 3.63) is 30.1 Å². The van der Waals surface area contributed by atoms with Gasteiger partial charge in [-0.1, -0.05) is 6.07 Å². The van der Waals surface area contributed by atoms with E-state index in [1.165, 1.54) is 0 Å². The Bertz CT molecular complexity index is 375. The van der Waals surface area contributed by atoms with Gasteiger partial charge in [-0.15, -0.1) is 12.4 Å². The predicted molar refractivity (Wildman–Crippen MR) is 70.6 cm³/mol. The molecule has 100 valence electrons. The lowest BCUT2D eigenvalue weighted by molar-refractivity contribution is -0.137. The molecule has 2 rings (SSSR count). The number of carbonyl (C=O) groups is 1. The van der Waals surface area contributed by atoms with E-state index >= 15 is 0 Å². The zero-order valence-electron chi connectivity index (χ0n) is 10.1. The van der Waals surface area contributed by atoms with Gasteiger partial charge in [0, 0.05) is 32.0 Å². The maximum absolute atomic E-state index is 12.0. The molecule has 0 bridgehead atoms. The minimum Gasteiger partial charge on any atom is -0.373 e. The zero-order valence-corrected chi connectivity index (χ0v) is 10.9. The average Bonchev–Trinajstić information content (AvgIpc) is 2.40. The predicted octanol–water partition coefficient (Wildman–Crippen LogP) is 0.232. The van der Waals surface area contributed by atoms with Crippen LogP contribution in [0.3, 0.4) is 0 Å². The fourth-order valence-electron chi connectivity index (χ4n) is 1.88. The molecule has 18 heavy (non-hydrogen) atoms. The van der Waals surface area contributed by atoms with Crippen molar-refractivity contribution in [2.45, 2.75) is 12.5 Å². The first-order valence-electron chi connectivity index (χ1n) is 5.78. The van der Waals surface area contributed by atoms with Crippen LogP contribution in [0.1, 0.15) is 5.56 Å². The van der Waals surface area contributed by atoms with Crippen molar-refractivity contribution >= 4 is 18.3 Å². The summed E-state index contributed by atoms with van der Waals surface area (Å²) >= 11 is 0. The number of nitrogens with two attached hydrogens (primary N) is 1. The SMILES string of the molecule is Cl.NCC1CN(C(=O)Cc2cccnc2)CCO1. The third-order valence-electron chi connectivity index (χ3n) is 2.83. The number of nitrogens with zero attached hydrogens (tertiary/aromatic N) is 2. The van der Waals surface area contributed by atoms with Crippen molar-refractivity contribution in [2.24, 2.45) is 5.73 Å². The second-order valence-corrected chi connectivity index (χ2v) is 4.11. The number of halogens is 1. The van der Waals surface area contributed by atoms with E-state index in [0.717, 1.165) is 5.56 Å². The smallest absolute Gasteiger partial charge is 0.227 e. The highest BCUT2D eigenvalue weighted by Crippen LogP contribution is 2.07. The molecule has 1 unspecified atom stereocenters. The molecule has 0 saturated carbocycles. The maximum Gasteiger partial charge on any atom is 0.227 e. The lowest BCUT2D eigenvalue weighted by Crippen LogP contribution is -2.48. The van der Waals surface area contributed by atoms with Gasteiger partial charge in [-0.2, -0.15) is 0 Å². The standard InChI is InChI=1S/C12H17N3O2.ClH/c13-7-11-9-15(4-5-17-11)12(16)6-10-2-1-3-14-8-10;/h1-3,8,11H,4-7,9,13H2;1H. The molecule has 1 fully saturated rings. The Balaban J connectivity index is 0.00000162. The number of amides is 1. The molecule has 0 spiro atoms. The minimum atomic E-state index is -0.0263. The van der Waals surface area contributed by atoms with Crippen LogP contribution < -0.4 is 5.73 Å². The van der Waals surface area contributed by atoms with Gasteiger partial charge in [0.15, 0.2) is 0 Å². The fourth-order valence-corrected chi connectivity index (χ4v) is 1.88. The number of carbonyl (C=O) groups excluding carboxylic acids is 1. The van der Waals surface area contributed by atoms with Gasteiger partial charge < -0.3 is 15.4 Å². The molecule has 1 aromatic rings. The molecular formula is C12H18ClN3O2. The summed E-state index contributed by atoms with van der Waals surface area (Å²) in [6.45, 7) is 2.27. The molecule has 1 aliphatic rings. The molecule has 0 aliphatic carbocycles. The molecule has 1 aliphatic heterocycles. The summed E-state index contributed by atoms with van der Waals surface area (Å²) in [5, 5.41) is 0. The number of aromatic nitrogens is 1. The molecule has 6 heteroatoms. The first kappa shape index (κ1) is 14.9. The highest BCUT2D eigenvalue weighted by Gasteiger charge is 2.23. The van der Waals surface area contributed by atoms with Crippen LogP contribution in [0.5, 0.6) is 0 Å². The van der Waals surface area contributed by atoms with E-state index in [-0.39, 0.29) is 24.4 Å². The van der Waals surface area contributed by atoms with Crippen LogP contribution in [0, 0.1) is 0 Å². The van der Waals surface area contributed by atoms with Crippen molar-refractivity contribution in [1.82, 2.24) is 9.88 Å². The topological polar surface area (TPSA) is 68.5 Å². The Labute approximate surface area is 113 Å². The van der Waals surface area contributed by atoms with Gasteiger partial charge in [0.2, 0.25) is 5.91 Å². The van der Waals surface area contributed by atoms with Crippen molar-refractivity contribution in [1.29, 1.82) is 0 Å². The van der Waals surface area contributed by atoms with Crippen molar-refractivity contribution in [2.75, 3.05) is 26.2 Å². The summed E-state index contributed by atoms with van der Waals surface area (Å²) in [7, 11) is 0. The Morgan fingerprint density at radius 3 is 3.11 bits per heavy atom. The monoisotopic (exact) mass is 271 g/mol. The second kappa shape index (κ2) is 7.31. The van der Waals surface area contributed by atoms with E-state index in [4.69, 9.17) is 10.5 Å². The lowest BCUT2D eigenvalue weighted by Gasteiger charge is -2.32. The largest absolute Gasteiger partial charge is 0.373 e. The van der Waals surface area contributed by atoms with E-state index in [1.807, 2.05) is 17.0 Å². The van der Waals surface area contributed by atoms with Crippen LogP contribution in [0.4, 0.5) is 0 Å². The third kappa shape index (κ3) is 3.94. The van der Waals surface area contributed by atoms with E-state index in [2.05, 4.69) is 4.98 Å². The van der Waals surface area contributed by atoms with E-state index < -0.39 is 0 Å². The summed E-state index contributed by atoms with van der Waals surface area (Å²) in [4.78, 5) is 17.8. The van der Waals surface area contributed by atoms with E-state index in [9.17, 15) is 4.79 Å². The van der Waals surface area contributed by atoms with Gasteiger partial charge in [0.05, 0.1) is 19.1 Å². The molecule has 1 saturated heterocycles. The Kier molecular flexibility index (Phi) is 6.04. The molecule has 0 radical (unpaired) electrons. The van der Waals surface area contributed by atoms with Crippen molar-refractivity contribution in [3.8, 4) is 0 Å². The first-order chi connectivity index (χ1) is 8.29. The molecule has 1 amide bonds. The zero-order chi connectivity index (χ0) is 12.1. The summed E-state index contributed by atoms with van der Waals surface area (Å²) < 4.78 is 5.43. The number of pyridine rings is 1. The summed E-state index contributed by atoms with van der Waals surface area (Å²) in [6, 6.07) is 3.75. The average molecular weight is 272 g/mol. The molecule has 2 heterocycles. The van der Waals surface area contributed by atoms with Gasteiger partial charge in [-0.05, 0) is 11.6 Å². The van der Waals surface area contributed by atoms with Gasteiger partial charge in [0.1, 0.15) is 0 Å². The summed E-state index contributed by atoms with van der Waals surface area (Å²) in [5.41, 5.74) is 6.48. The molecule has 0 aromatic carbocycles. The van der Waals surface area contributed by atoms with Crippen molar-refractivity contribution in [3.63, 3.8) is 0 Å². The lowest BCUT2D eigenvalue weighted by atomic mass is 10.1. The Morgan fingerprint density at radius 1 is 1.61 bits per heavy atom. The molecule has 1 aromatic heterocycles. The third-order valence-corrected chi connectivity index (χ3v) is 2.83. The van der Waals surface area contributed by atoms with Gasteiger partial charge in [0.25, 0.3) is 0 Å². The highest BCUT2D eigenvalue weighted by atomic mass is 35.5. The number of morpholine rings is 1. The fraction of sp³-hybridized carbons (Fsp3) is 0.500. The number of hydrogen-bond acceptors (Lipinski definition) is 4. The van der Waals surface area contributed by atoms with E-state index in [1.54, 1.807) is 12.4 Å². The van der Waals surface area contributed by atoms with Gasteiger partial charge in [-0.3, -0.25) is 9.78 Å². The first-order valence-corrected chi connectivity index (χ1v) is 5.78. The van der Waals surface area contributed by atoms with Crippen LogP contribution in [0.25, 0.3) is 0 Å². The highest BCUT2D eigenvalue weighted by molar-refractivity contribution is 5.85. The molecule has 2 N–H and O–H groups in total. The minimum absolute atomic E-state index is 0. The number of ether oxygens (including phenoxy) is 1. The van der Waals surface area contributed by atoms with Gasteiger partial charge in [-0.25, -0.2) is 0 Å². The van der Waals surface area contributed by atoms with Gasteiger partial charge >= 0.3 is 0 Å². The summed E-state index contributed by atoms with van der Waals surface area (Å²) in [5.74, 6) is 0.111. The Morgan fingerprint density at radius 2 is 2.44 bits per heavy atom. The van der Waals surface area contributed by atoms with Crippen LogP contribution in [-0.2, 0) is 16.0 Å². The van der Waals surface area contributed by atoms with Crippen LogP contribution >= 0.6 is 12.4 Å². The number of hydrogen-bond donors (Lipinski definition) is 1. The van der Waals surface area contributed by atoms with E-state index in [0.29, 0.717) is 32.7 Å². The number of rotatable bonds is 3. The molecular weight excluding hydrogens is 254 g/mol. The normalized spacial score (nSPS) is 19.2. The quantitative estimate of drug-likeness (QED) is 0.855. The van der Waals surface area contributed by atoms with Crippen LogP contribution in [-0.4, -0.2) is 48.1 Å². The van der Waals surface area contributed by atoms with Crippen LogP contribution in [0.15, 0.2) is 24.5 Å². The molecule has 5 nitrogen and oxygen atoms in total. The van der Waals surface area contributed by atoms with Crippen LogP contribution in [0.2, 0.25) is 0 Å². The second-order valence-electron chi connectivity index (χ2n) is 4.11. The maximum atomic E-state index is 12.0. The molecule has 1 atom stereocenters. The van der Waals surface area contributed by atoms with Crippen molar-refractivity contribution < 1.29 is 9.53 Å². The Hall–Kier alpha value is -1.17.